The summed E-state index contributed by atoms with van der Waals surface area (Å²) in [5, 5.41) is 3.44. The van der Waals surface area contributed by atoms with E-state index in [-0.39, 0.29) is 5.96 Å². The maximum atomic E-state index is 5.35. The van der Waals surface area contributed by atoms with Gasteiger partial charge in [0.2, 0.25) is 0 Å². The van der Waals surface area contributed by atoms with E-state index in [2.05, 4.69) is 72.7 Å². The number of rotatable bonds is 6. The Bertz CT molecular complexity index is 626. The van der Waals surface area contributed by atoms with Crippen LogP contribution in [0.5, 0.6) is 0 Å². The van der Waals surface area contributed by atoms with Gasteiger partial charge in [0.05, 0.1) is 6.54 Å². The molecule has 0 spiro atoms. The van der Waals surface area contributed by atoms with Crippen LogP contribution in [0.4, 0.5) is 0 Å². The second kappa shape index (κ2) is 7.61. The van der Waals surface area contributed by atoms with Crippen molar-refractivity contribution in [2.45, 2.75) is 33.0 Å². The van der Waals surface area contributed by atoms with Gasteiger partial charge in [0.15, 0.2) is 5.96 Å². The molecule has 116 valence electrons. The smallest absolute Gasteiger partial charge is 0.186 e. The molecule has 0 saturated carbocycles. The second-order valence-electron chi connectivity index (χ2n) is 5.67. The van der Waals surface area contributed by atoms with Crippen molar-refractivity contribution in [1.82, 2.24) is 5.32 Å². The minimum atomic E-state index is 0.120. The Kier molecular flexibility index (Phi) is 5.55. The lowest BCUT2D eigenvalue weighted by molar-refractivity contribution is 0.589. The standard InChI is InChI=1S/C18H24N4/c1-13(2)21-12-15-4-3-5-17(10-15)16-8-6-14(7-9-16)11-22-18(19)20/h3-10,13,21H,11-12H2,1-2H3,(H4,19,20,22). The van der Waals surface area contributed by atoms with Gasteiger partial charge in [-0.15, -0.1) is 0 Å². The van der Waals surface area contributed by atoms with Crippen molar-refractivity contribution in [2.24, 2.45) is 16.5 Å². The van der Waals surface area contributed by atoms with Gasteiger partial charge in [0, 0.05) is 12.6 Å². The zero-order chi connectivity index (χ0) is 15.9. The Morgan fingerprint density at radius 3 is 2.36 bits per heavy atom. The minimum Gasteiger partial charge on any atom is -0.370 e. The van der Waals surface area contributed by atoms with Gasteiger partial charge >= 0.3 is 0 Å². The van der Waals surface area contributed by atoms with Gasteiger partial charge in [-0.05, 0) is 28.3 Å². The number of nitrogens with one attached hydrogen (secondary N) is 1. The number of guanidine groups is 1. The zero-order valence-corrected chi connectivity index (χ0v) is 13.2. The molecule has 0 saturated heterocycles. The highest BCUT2D eigenvalue weighted by Crippen LogP contribution is 2.21. The summed E-state index contributed by atoms with van der Waals surface area (Å²) in [6, 6.07) is 17.4. The van der Waals surface area contributed by atoms with E-state index in [9.17, 15) is 0 Å². The van der Waals surface area contributed by atoms with Gasteiger partial charge in [-0.2, -0.15) is 0 Å². The Balaban J connectivity index is 2.11. The molecule has 0 heterocycles. The van der Waals surface area contributed by atoms with Crippen LogP contribution in [-0.2, 0) is 13.1 Å². The fourth-order valence-electron chi connectivity index (χ4n) is 2.17. The first-order chi connectivity index (χ1) is 10.5. The quantitative estimate of drug-likeness (QED) is 0.566. The average Bonchev–Trinajstić information content (AvgIpc) is 2.52. The van der Waals surface area contributed by atoms with E-state index in [0.29, 0.717) is 12.6 Å². The summed E-state index contributed by atoms with van der Waals surface area (Å²) in [5.74, 6) is 0.120. The third-order valence-corrected chi connectivity index (χ3v) is 3.37. The number of nitrogens with zero attached hydrogens (tertiary/aromatic N) is 1. The molecule has 0 radical (unpaired) electrons. The highest BCUT2D eigenvalue weighted by molar-refractivity contribution is 5.75. The monoisotopic (exact) mass is 296 g/mol. The van der Waals surface area contributed by atoms with Gasteiger partial charge in [0.25, 0.3) is 0 Å². The van der Waals surface area contributed by atoms with E-state index in [4.69, 9.17) is 11.5 Å². The molecule has 0 aromatic heterocycles. The minimum absolute atomic E-state index is 0.120. The van der Waals surface area contributed by atoms with E-state index >= 15 is 0 Å². The van der Waals surface area contributed by atoms with Gasteiger partial charge in [-0.3, -0.25) is 0 Å². The molecule has 0 bridgehead atoms. The Morgan fingerprint density at radius 2 is 1.73 bits per heavy atom. The van der Waals surface area contributed by atoms with Gasteiger partial charge in [0.1, 0.15) is 0 Å². The average molecular weight is 296 g/mol. The lowest BCUT2D eigenvalue weighted by Gasteiger charge is -2.10. The number of benzene rings is 2. The molecular weight excluding hydrogens is 272 g/mol. The van der Waals surface area contributed by atoms with Crippen LogP contribution in [-0.4, -0.2) is 12.0 Å². The first-order valence-electron chi connectivity index (χ1n) is 7.51. The van der Waals surface area contributed by atoms with E-state index in [0.717, 1.165) is 12.1 Å². The predicted octanol–water partition coefficient (Wildman–Crippen LogP) is 2.62. The molecule has 5 N–H and O–H groups in total. The Labute approximate surface area is 132 Å². The summed E-state index contributed by atoms with van der Waals surface area (Å²) in [6.45, 7) is 5.70. The van der Waals surface area contributed by atoms with Crippen LogP contribution in [0, 0.1) is 0 Å². The van der Waals surface area contributed by atoms with Crippen LogP contribution >= 0.6 is 0 Å². The molecule has 0 aliphatic heterocycles. The van der Waals surface area contributed by atoms with Crippen molar-refractivity contribution in [1.29, 1.82) is 0 Å². The predicted molar refractivity (Wildman–Crippen MR) is 93.4 cm³/mol. The van der Waals surface area contributed by atoms with Crippen LogP contribution in [0.2, 0.25) is 0 Å². The number of hydrogen-bond donors (Lipinski definition) is 3. The maximum Gasteiger partial charge on any atom is 0.186 e. The van der Waals surface area contributed by atoms with Crippen LogP contribution < -0.4 is 16.8 Å². The molecule has 4 nitrogen and oxygen atoms in total. The fourth-order valence-corrected chi connectivity index (χ4v) is 2.17. The van der Waals surface area contributed by atoms with Gasteiger partial charge < -0.3 is 16.8 Å². The molecular formula is C18H24N4. The van der Waals surface area contributed by atoms with Crippen LogP contribution in [0.1, 0.15) is 25.0 Å². The van der Waals surface area contributed by atoms with Crippen LogP contribution in [0.3, 0.4) is 0 Å². The molecule has 0 aliphatic carbocycles. The normalized spacial score (nSPS) is 10.7. The van der Waals surface area contributed by atoms with Crippen molar-refractivity contribution >= 4 is 5.96 Å². The topological polar surface area (TPSA) is 76.4 Å². The SMILES string of the molecule is CC(C)NCc1cccc(-c2ccc(CN=C(N)N)cc2)c1. The van der Waals surface area contributed by atoms with E-state index in [1.807, 2.05) is 0 Å². The lowest BCUT2D eigenvalue weighted by Crippen LogP contribution is -2.22. The molecule has 0 amide bonds. The Hall–Kier alpha value is -2.33. The lowest BCUT2D eigenvalue weighted by atomic mass is 10.0. The Morgan fingerprint density at radius 1 is 1.00 bits per heavy atom. The summed E-state index contributed by atoms with van der Waals surface area (Å²) < 4.78 is 0. The zero-order valence-electron chi connectivity index (χ0n) is 13.2. The van der Waals surface area contributed by atoms with Crippen molar-refractivity contribution in [3.8, 4) is 11.1 Å². The van der Waals surface area contributed by atoms with Crippen molar-refractivity contribution in [3.05, 3.63) is 59.7 Å². The molecule has 22 heavy (non-hydrogen) atoms. The summed E-state index contributed by atoms with van der Waals surface area (Å²) in [6.07, 6.45) is 0. The van der Waals surface area contributed by atoms with Crippen molar-refractivity contribution in [2.75, 3.05) is 0 Å². The van der Waals surface area contributed by atoms with Crippen molar-refractivity contribution in [3.63, 3.8) is 0 Å². The fraction of sp³-hybridized carbons (Fsp3) is 0.278. The second-order valence-corrected chi connectivity index (χ2v) is 5.67. The first kappa shape index (κ1) is 16.0. The molecule has 4 heteroatoms. The van der Waals surface area contributed by atoms with Gasteiger partial charge in [-0.1, -0.05) is 56.3 Å². The molecule has 2 rings (SSSR count). The molecule has 0 aliphatic rings. The van der Waals surface area contributed by atoms with E-state index in [1.54, 1.807) is 0 Å². The highest BCUT2D eigenvalue weighted by Gasteiger charge is 2.01. The summed E-state index contributed by atoms with van der Waals surface area (Å²) in [4.78, 5) is 4.02. The third kappa shape index (κ3) is 4.90. The summed E-state index contributed by atoms with van der Waals surface area (Å²) in [7, 11) is 0. The van der Waals surface area contributed by atoms with Crippen molar-refractivity contribution < 1.29 is 0 Å². The summed E-state index contributed by atoms with van der Waals surface area (Å²) >= 11 is 0. The molecule has 0 atom stereocenters. The number of aliphatic imine (C=N–C) groups is 1. The summed E-state index contributed by atoms with van der Waals surface area (Å²) in [5.41, 5.74) is 15.5. The molecule has 2 aromatic rings. The highest BCUT2D eigenvalue weighted by atomic mass is 15.0. The molecule has 2 aromatic carbocycles. The van der Waals surface area contributed by atoms with E-state index < -0.39 is 0 Å². The largest absolute Gasteiger partial charge is 0.370 e. The van der Waals surface area contributed by atoms with Crippen LogP contribution in [0.25, 0.3) is 11.1 Å². The maximum absolute atomic E-state index is 5.35. The number of nitrogens with two attached hydrogens (primary N) is 2. The van der Waals surface area contributed by atoms with E-state index in [1.165, 1.54) is 16.7 Å². The molecule has 0 unspecified atom stereocenters. The third-order valence-electron chi connectivity index (χ3n) is 3.37. The van der Waals surface area contributed by atoms with Crippen LogP contribution in [0.15, 0.2) is 53.5 Å². The number of hydrogen-bond acceptors (Lipinski definition) is 2. The first-order valence-corrected chi connectivity index (χ1v) is 7.51. The molecule has 0 fully saturated rings. The van der Waals surface area contributed by atoms with Gasteiger partial charge in [-0.25, -0.2) is 4.99 Å².